The molecule has 0 bridgehead atoms. The molecule has 92 valence electrons. The Balaban J connectivity index is 2.61. The summed E-state index contributed by atoms with van der Waals surface area (Å²) in [6.45, 7) is 5.93. The fraction of sp³-hybridized carbons (Fsp3) is 0.462. The van der Waals surface area contributed by atoms with Crippen LogP contribution in [0.5, 0.6) is 5.75 Å². The van der Waals surface area contributed by atoms with Gasteiger partial charge in [0.1, 0.15) is 5.75 Å². The highest BCUT2D eigenvalue weighted by molar-refractivity contribution is 9.10. The van der Waals surface area contributed by atoms with Crippen molar-refractivity contribution in [1.29, 1.82) is 0 Å². The molecule has 0 fully saturated rings. The number of rotatable bonds is 1. The molecule has 1 aliphatic rings. The van der Waals surface area contributed by atoms with Gasteiger partial charge in [0.15, 0.2) is 0 Å². The third kappa shape index (κ3) is 2.17. The lowest BCUT2D eigenvalue weighted by Gasteiger charge is -2.39. The molecule has 0 spiro atoms. The molecular weight excluding hydrogens is 348 g/mol. The highest BCUT2D eigenvalue weighted by Crippen LogP contribution is 2.49. The van der Waals surface area contributed by atoms with E-state index in [4.69, 9.17) is 4.74 Å². The van der Waals surface area contributed by atoms with Gasteiger partial charge in [0.25, 0.3) is 0 Å². The van der Waals surface area contributed by atoms with E-state index in [1.807, 2.05) is 32.0 Å². The molecule has 1 heterocycles. The van der Waals surface area contributed by atoms with Crippen LogP contribution in [0.3, 0.4) is 0 Å². The smallest absolute Gasteiger partial charge is 0.317 e. The molecule has 4 heteroatoms. The first kappa shape index (κ1) is 13.1. The predicted octanol–water partition coefficient (Wildman–Crippen LogP) is 4.26. The number of carbonyl (C=O) groups excluding carboxylic acids is 1. The Morgan fingerprint density at radius 2 is 2.06 bits per heavy atom. The molecule has 0 N–H and O–H groups in total. The maximum Gasteiger partial charge on any atom is 0.317 e. The van der Waals surface area contributed by atoms with E-state index in [-0.39, 0.29) is 16.7 Å². The zero-order valence-corrected chi connectivity index (χ0v) is 13.1. The van der Waals surface area contributed by atoms with E-state index in [9.17, 15) is 4.79 Å². The number of benzene rings is 1. The Kier molecular flexibility index (Phi) is 3.38. The van der Waals surface area contributed by atoms with E-state index < -0.39 is 5.41 Å². The molecule has 0 amide bonds. The molecule has 2 nitrogen and oxygen atoms in total. The van der Waals surface area contributed by atoms with Crippen molar-refractivity contribution in [1.82, 2.24) is 0 Å². The van der Waals surface area contributed by atoms with Gasteiger partial charge in [0, 0.05) is 20.8 Å². The molecule has 1 aliphatic heterocycles. The van der Waals surface area contributed by atoms with Crippen LogP contribution in [-0.2, 0) is 4.79 Å². The van der Waals surface area contributed by atoms with Gasteiger partial charge in [-0.3, -0.25) is 4.79 Å². The van der Waals surface area contributed by atoms with E-state index in [0.717, 1.165) is 10.0 Å². The zero-order valence-electron chi connectivity index (χ0n) is 9.96. The maximum atomic E-state index is 12.0. The summed E-state index contributed by atoms with van der Waals surface area (Å²) in [7, 11) is 0. The minimum Gasteiger partial charge on any atom is -0.426 e. The minimum atomic E-state index is -0.517. The van der Waals surface area contributed by atoms with Crippen molar-refractivity contribution in [3.63, 3.8) is 0 Å². The molecule has 0 radical (unpaired) electrons. The molecule has 1 aromatic carbocycles. The van der Waals surface area contributed by atoms with Crippen LogP contribution in [0, 0.1) is 5.41 Å². The van der Waals surface area contributed by atoms with Gasteiger partial charge < -0.3 is 4.74 Å². The van der Waals surface area contributed by atoms with Crippen molar-refractivity contribution >= 4 is 37.8 Å². The molecular formula is C13H14Br2O2. The summed E-state index contributed by atoms with van der Waals surface area (Å²) in [4.78, 5) is 12.2. The zero-order chi connectivity index (χ0) is 12.8. The summed E-state index contributed by atoms with van der Waals surface area (Å²) in [6.07, 6.45) is 0. The van der Waals surface area contributed by atoms with Crippen LogP contribution in [-0.4, -0.2) is 10.8 Å². The molecule has 0 aliphatic carbocycles. The Hall–Kier alpha value is -0.350. The first-order valence-electron chi connectivity index (χ1n) is 5.50. The second-order valence-electron chi connectivity index (χ2n) is 4.95. The summed E-state index contributed by atoms with van der Waals surface area (Å²) < 4.78 is 6.40. The van der Waals surface area contributed by atoms with Crippen LogP contribution >= 0.6 is 31.9 Å². The third-order valence-electron chi connectivity index (χ3n) is 3.27. The fourth-order valence-electron chi connectivity index (χ4n) is 2.42. The minimum absolute atomic E-state index is 0.108. The maximum absolute atomic E-state index is 12.0. The van der Waals surface area contributed by atoms with E-state index >= 15 is 0 Å². The number of ether oxygens (including phenoxy) is 1. The topological polar surface area (TPSA) is 26.3 Å². The summed E-state index contributed by atoms with van der Waals surface area (Å²) >= 11 is 7.07. The molecule has 0 saturated carbocycles. The number of fused-ring (bicyclic) bond motifs is 1. The molecule has 0 aromatic heterocycles. The Morgan fingerprint density at radius 1 is 1.41 bits per heavy atom. The Labute approximate surface area is 118 Å². The largest absolute Gasteiger partial charge is 0.426 e. The second-order valence-corrected chi connectivity index (χ2v) is 7.31. The SMILES string of the molecule is C[C@@H](Br)C1c2cc(Br)ccc2OC(=O)C1(C)C. The van der Waals surface area contributed by atoms with Gasteiger partial charge in [-0.1, -0.05) is 38.8 Å². The standard InChI is InChI=1S/C13H14Br2O2/c1-7(14)11-9-6-8(15)4-5-10(9)17-12(16)13(11,2)3/h4-7,11H,1-3H3/t7-,11?/m1/s1. The fourth-order valence-corrected chi connectivity index (χ4v) is 3.75. The van der Waals surface area contributed by atoms with Gasteiger partial charge >= 0.3 is 5.97 Å². The molecule has 1 unspecified atom stereocenters. The van der Waals surface area contributed by atoms with E-state index in [1.165, 1.54) is 0 Å². The summed E-state index contributed by atoms with van der Waals surface area (Å²) in [6, 6.07) is 5.77. The van der Waals surface area contributed by atoms with Gasteiger partial charge in [0.2, 0.25) is 0 Å². The Morgan fingerprint density at radius 3 is 2.65 bits per heavy atom. The van der Waals surface area contributed by atoms with Gasteiger partial charge in [-0.2, -0.15) is 0 Å². The molecule has 17 heavy (non-hydrogen) atoms. The van der Waals surface area contributed by atoms with Gasteiger partial charge in [0.05, 0.1) is 5.41 Å². The van der Waals surface area contributed by atoms with Crippen molar-refractivity contribution in [3.05, 3.63) is 28.2 Å². The average Bonchev–Trinajstić information content (AvgIpc) is 2.19. The van der Waals surface area contributed by atoms with Crippen LogP contribution in [0.25, 0.3) is 0 Å². The predicted molar refractivity (Wildman–Crippen MR) is 74.7 cm³/mol. The van der Waals surface area contributed by atoms with Crippen LogP contribution in [0.1, 0.15) is 32.3 Å². The third-order valence-corrected chi connectivity index (χ3v) is 4.29. The van der Waals surface area contributed by atoms with Crippen LogP contribution in [0.2, 0.25) is 0 Å². The Bertz CT molecular complexity index is 466. The van der Waals surface area contributed by atoms with Crippen molar-refractivity contribution in [3.8, 4) is 5.75 Å². The molecule has 2 rings (SSSR count). The number of halogens is 2. The monoisotopic (exact) mass is 360 g/mol. The summed E-state index contributed by atoms with van der Waals surface area (Å²) in [5.41, 5.74) is 0.560. The first-order chi connectivity index (χ1) is 7.84. The van der Waals surface area contributed by atoms with Gasteiger partial charge in [-0.05, 0) is 32.0 Å². The molecule has 0 saturated heterocycles. The van der Waals surface area contributed by atoms with Gasteiger partial charge in [-0.15, -0.1) is 0 Å². The number of carbonyl (C=O) groups is 1. The quantitative estimate of drug-likeness (QED) is 0.424. The van der Waals surface area contributed by atoms with Crippen molar-refractivity contribution < 1.29 is 9.53 Å². The highest BCUT2D eigenvalue weighted by Gasteiger charge is 2.46. The number of hydrogen-bond acceptors (Lipinski definition) is 2. The highest BCUT2D eigenvalue weighted by atomic mass is 79.9. The normalized spacial score (nSPS) is 23.8. The van der Waals surface area contributed by atoms with Crippen LogP contribution in [0.15, 0.2) is 22.7 Å². The number of alkyl halides is 1. The molecule has 2 atom stereocenters. The second kappa shape index (κ2) is 4.39. The van der Waals surface area contributed by atoms with Gasteiger partial charge in [-0.25, -0.2) is 0 Å². The molecule has 1 aromatic rings. The van der Waals surface area contributed by atoms with Crippen molar-refractivity contribution in [2.45, 2.75) is 31.5 Å². The van der Waals surface area contributed by atoms with E-state index in [2.05, 4.69) is 38.8 Å². The summed E-state index contributed by atoms with van der Waals surface area (Å²) in [5, 5.41) is 0. The number of esters is 1. The lowest BCUT2D eigenvalue weighted by atomic mass is 9.71. The number of hydrogen-bond donors (Lipinski definition) is 0. The van der Waals surface area contributed by atoms with E-state index in [1.54, 1.807) is 0 Å². The van der Waals surface area contributed by atoms with Crippen LogP contribution in [0.4, 0.5) is 0 Å². The average molecular weight is 362 g/mol. The lowest BCUT2D eigenvalue weighted by Crippen LogP contribution is -2.42. The van der Waals surface area contributed by atoms with Crippen molar-refractivity contribution in [2.75, 3.05) is 0 Å². The lowest BCUT2D eigenvalue weighted by molar-refractivity contribution is -0.147. The van der Waals surface area contributed by atoms with Crippen molar-refractivity contribution in [2.24, 2.45) is 5.41 Å². The summed E-state index contributed by atoms with van der Waals surface area (Å²) in [5.74, 6) is 0.619. The first-order valence-corrected chi connectivity index (χ1v) is 7.20. The van der Waals surface area contributed by atoms with E-state index in [0.29, 0.717) is 5.75 Å². The van der Waals surface area contributed by atoms with Crippen LogP contribution < -0.4 is 4.74 Å².